The largest absolute Gasteiger partial charge is 0.497 e. The molecule has 0 N–H and O–H groups in total. The van der Waals surface area contributed by atoms with Gasteiger partial charge in [-0.2, -0.15) is 0 Å². The monoisotopic (exact) mass is 198 g/mol. The van der Waals surface area contributed by atoms with Crippen LogP contribution in [0.4, 0.5) is 0 Å². The summed E-state index contributed by atoms with van der Waals surface area (Å²) in [5.74, 6) is 0.896. The highest BCUT2D eigenvalue weighted by Crippen LogP contribution is 2.21. The van der Waals surface area contributed by atoms with Crippen LogP contribution in [-0.2, 0) is 0 Å². The molecule has 0 bridgehead atoms. The zero-order valence-corrected chi connectivity index (χ0v) is 8.81. The number of hydrogen-bond acceptors (Lipinski definition) is 1. The van der Waals surface area contributed by atoms with Crippen LogP contribution in [0.25, 0.3) is 5.57 Å². The highest BCUT2D eigenvalue weighted by atomic mass is 16.5. The maximum atomic E-state index is 5.13. The lowest BCUT2D eigenvalue weighted by atomic mass is 10.1. The first-order valence-electron chi connectivity index (χ1n) is 5.08. The van der Waals surface area contributed by atoms with Gasteiger partial charge in [-0.05, 0) is 29.7 Å². The minimum Gasteiger partial charge on any atom is -0.497 e. The molecule has 0 fully saturated rings. The summed E-state index contributed by atoms with van der Waals surface area (Å²) in [6.07, 6.45) is 11.7. The van der Waals surface area contributed by atoms with Crippen molar-refractivity contribution in [1.29, 1.82) is 0 Å². The van der Waals surface area contributed by atoms with E-state index in [2.05, 4.69) is 42.5 Å². The number of hydrogen-bond donors (Lipinski definition) is 0. The van der Waals surface area contributed by atoms with Gasteiger partial charge in [0.2, 0.25) is 0 Å². The Labute approximate surface area is 90.4 Å². The average molecular weight is 198 g/mol. The molecular weight excluding hydrogens is 184 g/mol. The number of ether oxygens (including phenoxy) is 1. The molecule has 0 saturated carbocycles. The zero-order chi connectivity index (χ0) is 10.5. The normalized spacial score (nSPS) is 14.6. The molecule has 1 aromatic carbocycles. The minimum atomic E-state index is 0.896. The van der Waals surface area contributed by atoms with Crippen LogP contribution in [0, 0.1) is 0 Å². The van der Waals surface area contributed by atoms with Crippen LogP contribution in [0.2, 0.25) is 0 Å². The second-order valence-corrected chi connectivity index (χ2v) is 3.42. The first-order chi connectivity index (χ1) is 7.40. The van der Waals surface area contributed by atoms with Crippen LogP contribution in [0.15, 0.2) is 54.6 Å². The second kappa shape index (κ2) is 4.65. The van der Waals surface area contributed by atoms with Gasteiger partial charge in [0.1, 0.15) is 5.75 Å². The van der Waals surface area contributed by atoms with E-state index in [1.807, 2.05) is 12.1 Å². The van der Waals surface area contributed by atoms with Gasteiger partial charge in [0.25, 0.3) is 0 Å². The molecule has 0 saturated heterocycles. The molecule has 1 nitrogen and oxygen atoms in total. The van der Waals surface area contributed by atoms with Gasteiger partial charge < -0.3 is 4.74 Å². The van der Waals surface area contributed by atoms with Crippen molar-refractivity contribution in [2.75, 3.05) is 7.11 Å². The van der Waals surface area contributed by atoms with E-state index < -0.39 is 0 Å². The summed E-state index contributed by atoms with van der Waals surface area (Å²) in [5, 5.41) is 0. The van der Waals surface area contributed by atoms with E-state index in [4.69, 9.17) is 4.74 Å². The molecule has 0 aromatic heterocycles. The molecule has 1 heteroatoms. The molecule has 1 aliphatic carbocycles. The fourth-order valence-electron chi connectivity index (χ4n) is 1.56. The summed E-state index contributed by atoms with van der Waals surface area (Å²) >= 11 is 0. The predicted octanol–water partition coefficient (Wildman–Crippen LogP) is 3.59. The standard InChI is InChI=1S/C14H14O/c1-15-14-10-8-13(9-11-14)12-6-4-2-3-5-7-12/h2,4-11H,3H2,1H3. The molecule has 0 heterocycles. The fourth-order valence-corrected chi connectivity index (χ4v) is 1.56. The van der Waals surface area contributed by atoms with E-state index >= 15 is 0 Å². The lowest BCUT2D eigenvalue weighted by Gasteiger charge is -2.03. The molecule has 0 radical (unpaired) electrons. The van der Waals surface area contributed by atoms with Gasteiger partial charge in [0, 0.05) is 0 Å². The third-order valence-electron chi connectivity index (χ3n) is 2.40. The van der Waals surface area contributed by atoms with Crippen LogP contribution >= 0.6 is 0 Å². The maximum absolute atomic E-state index is 5.13. The SMILES string of the molecule is COc1ccc(C2=CC=CCC=C2)cc1. The van der Waals surface area contributed by atoms with Crippen molar-refractivity contribution in [3.05, 3.63) is 60.2 Å². The first kappa shape index (κ1) is 9.78. The quantitative estimate of drug-likeness (QED) is 0.705. The summed E-state index contributed by atoms with van der Waals surface area (Å²) in [4.78, 5) is 0. The molecule has 1 aromatic rings. The number of rotatable bonds is 2. The third kappa shape index (κ3) is 2.38. The molecule has 2 rings (SSSR count). The van der Waals surface area contributed by atoms with Crippen LogP contribution in [0.1, 0.15) is 12.0 Å². The molecule has 1 aliphatic rings. The van der Waals surface area contributed by atoms with Crippen molar-refractivity contribution in [2.45, 2.75) is 6.42 Å². The van der Waals surface area contributed by atoms with Crippen LogP contribution in [0.3, 0.4) is 0 Å². The fraction of sp³-hybridized carbons (Fsp3) is 0.143. The van der Waals surface area contributed by atoms with Crippen LogP contribution < -0.4 is 4.74 Å². The summed E-state index contributed by atoms with van der Waals surface area (Å²) in [6.45, 7) is 0. The predicted molar refractivity (Wildman–Crippen MR) is 63.9 cm³/mol. The van der Waals surface area contributed by atoms with Gasteiger partial charge in [-0.15, -0.1) is 0 Å². The summed E-state index contributed by atoms with van der Waals surface area (Å²) in [7, 11) is 1.68. The lowest BCUT2D eigenvalue weighted by molar-refractivity contribution is 0.415. The number of allylic oxidation sites excluding steroid dienone is 6. The van der Waals surface area contributed by atoms with Crippen molar-refractivity contribution >= 4 is 5.57 Å². The third-order valence-corrected chi connectivity index (χ3v) is 2.40. The zero-order valence-electron chi connectivity index (χ0n) is 8.81. The van der Waals surface area contributed by atoms with Gasteiger partial charge in [-0.3, -0.25) is 0 Å². The van der Waals surface area contributed by atoms with Crippen molar-refractivity contribution in [2.24, 2.45) is 0 Å². The van der Waals surface area contributed by atoms with E-state index in [-0.39, 0.29) is 0 Å². The number of methoxy groups -OCH3 is 1. The Kier molecular flexibility index (Phi) is 3.03. The van der Waals surface area contributed by atoms with E-state index in [0.717, 1.165) is 12.2 Å². The van der Waals surface area contributed by atoms with E-state index in [0.29, 0.717) is 0 Å². The molecule has 0 amide bonds. The van der Waals surface area contributed by atoms with Crippen LogP contribution in [0.5, 0.6) is 5.75 Å². The highest BCUT2D eigenvalue weighted by Gasteiger charge is 1.98. The van der Waals surface area contributed by atoms with E-state index in [9.17, 15) is 0 Å². The summed E-state index contributed by atoms with van der Waals surface area (Å²) in [6, 6.07) is 8.12. The number of benzene rings is 1. The van der Waals surface area contributed by atoms with Crippen molar-refractivity contribution in [3.8, 4) is 5.75 Å². The molecule has 76 valence electrons. The second-order valence-electron chi connectivity index (χ2n) is 3.42. The van der Waals surface area contributed by atoms with E-state index in [1.165, 1.54) is 11.1 Å². The Morgan fingerprint density at radius 1 is 1.07 bits per heavy atom. The molecular formula is C14H14O. The Balaban J connectivity index is 2.29. The summed E-state index contributed by atoms with van der Waals surface area (Å²) in [5.41, 5.74) is 2.46. The van der Waals surface area contributed by atoms with Crippen molar-refractivity contribution < 1.29 is 4.74 Å². The molecule has 0 aliphatic heterocycles. The minimum absolute atomic E-state index is 0.896. The Bertz CT molecular complexity index is 407. The molecule has 0 unspecified atom stereocenters. The Morgan fingerprint density at radius 2 is 1.87 bits per heavy atom. The van der Waals surface area contributed by atoms with Gasteiger partial charge in [0.05, 0.1) is 7.11 Å². The average Bonchev–Trinajstić information content (AvgIpc) is 2.58. The first-order valence-corrected chi connectivity index (χ1v) is 5.08. The molecule has 0 spiro atoms. The smallest absolute Gasteiger partial charge is 0.118 e. The van der Waals surface area contributed by atoms with Gasteiger partial charge in [-0.25, -0.2) is 0 Å². The maximum Gasteiger partial charge on any atom is 0.118 e. The van der Waals surface area contributed by atoms with Crippen LogP contribution in [-0.4, -0.2) is 7.11 Å². The van der Waals surface area contributed by atoms with Gasteiger partial charge in [-0.1, -0.05) is 42.5 Å². The molecule has 0 atom stereocenters. The Morgan fingerprint density at radius 3 is 2.60 bits per heavy atom. The topological polar surface area (TPSA) is 9.23 Å². The van der Waals surface area contributed by atoms with Gasteiger partial charge >= 0.3 is 0 Å². The lowest BCUT2D eigenvalue weighted by Crippen LogP contribution is -1.84. The Hall–Kier alpha value is -1.76. The van der Waals surface area contributed by atoms with Gasteiger partial charge in [0.15, 0.2) is 0 Å². The van der Waals surface area contributed by atoms with E-state index in [1.54, 1.807) is 7.11 Å². The van der Waals surface area contributed by atoms with Crippen molar-refractivity contribution in [3.63, 3.8) is 0 Å². The molecule has 15 heavy (non-hydrogen) atoms. The summed E-state index contributed by atoms with van der Waals surface area (Å²) < 4.78 is 5.13. The highest BCUT2D eigenvalue weighted by molar-refractivity contribution is 5.75. The van der Waals surface area contributed by atoms with Crippen molar-refractivity contribution in [1.82, 2.24) is 0 Å².